The molecule has 2 unspecified atom stereocenters. The number of aliphatic carboxylic acids is 1. The van der Waals surface area contributed by atoms with Crippen LogP contribution in [0, 0.1) is 5.92 Å². The first kappa shape index (κ1) is 15.8. The largest absolute Gasteiger partial charge is 0.481 e. The van der Waals surface area contributed by atoms with E-state index in [4.69, 9.17) is 4.74 Å². The first-order chi connectivity index (χ1) is 12.1. The van der Waals surface area contributed by atoms with Gasteiger partial charge in [0.2, 0.25) is 0 Å². The molecule has 4 rings (SSSR count). The second-order valence-electron chi connectivity index (χ2n) is 6.65. The molecule has 1 N–H and O–H groups in total. The number of carboxylic acids is 1. The van der Waals surface area contributed by atoms with Crippen molar-refractivity contribution >= 4 is 11.9 Å². The Morgan fingerprint density at radius 3 is 2.52 bits per heavy atom. The Morgan fingerprint density at radius 1 is 1.00 bits per heavy atom. The van der Waals surface area contributed by atoms with Crippen LogP contribution in [0.15, 0.2) is 48.5 Å². The highest BCUT2D eigenvalue weighted by molar-refractivity contribution is 5.95. The third-order valence-electron chi connectivity index (χ3n) is 5.12. The number of carboxylic acid groups (broad SMARTS) is 1. The van der Waals surface area contributed by atoms with Gasteiger partial charge in [-0.2, -0.15) is 0 Å². The van der Waals surface area contributed by atoms with E-state index in [0.29, 0.717) is 25.3 Å². The van der Waals surface area contributed by atoms with Crippen LogP contribution in [0.4, 0.5) is 0 Å². The van der Waals surface area contributed by atoms with E-state index >= 15 is 0 Å². The maximum absolute atomic E-state index is 12.9. The smallest absolute Gasteiger partial charge is 0.308 e. The van der Waals surface area contributed by atoms with E-state index < -0.39 is 11.9 Å². The van der Waals surface area contributed by atoms with Crippen molar-refractivity contribution in [2.24, 2.45) is 5.92 Å². The molecular formula is C20H19NO4. The van der Waals surface area contributed by atoms with Crippen LogP contribution in [0.5, 0.6) is 0 Å². The quantitative estimate of drug-likeness (QED) is 0.935. The standard InChI is InChI=1S/C20H19NO4/c22-19(14-6-7-15-11-25-12-16(15)8-14)21-9-17(18(10-21)20(23)24)13-4-2-1-3-5-13/h1-8,17-18H,9-12H2,(H,23,24). The molecule has 0 aromatic heterocycles. The van der Waals surface area contributed by atoms with Crippen LogP contribution in [-0.2, 0) is 22.7 Å². The zero-order valence-electron chi connectivity index (χ0n) is 13.7. The fourth-order valence-corrected chi connectivity index (χ4v) is 3.75. The second-order valence-corrected chi connectivity index (χ2v) is 6.65. The maximum Gasteiger partial charge on any atom is 0.308 e. The molecule has 0 aliphatic carbocycles. The van der Waals surface area contributed by atoms with Gasteiger partial charge in [-0.05, 0) is 28.8 Å². The highest BCUT2D eigenvalue weighted by atomic mass is 16.5. The van der Waals surface area contributed by atoms with E-state index in [1.54, 1.807) is 4.90 Å². The number of rotatable bonds is 3. The number of amides is 1. The van der Waals surface area contributed by atoms with Gasteiger partial charge in [0, 0.05) is 24.6 Å². The molecular weight excluding hydrogens is 318 g/mol. The van der Waals surface area contributed by atoms with E-state index in [1.165, 1.54) is 0 Å². The van der Waals surface area contributed by atoms with Crippen molar-refractivity contribution in [3.05, 3.63) is 70.8 Å². The molecule has 2 atom stereocenters. The van der Waals surface area contributed by atoms with E-state index in [2.05, 4.69) is 0 Å². The van der Waals surface area contributed by atoms with Crippen LogP contribution in [0.25, 0.3) is 0 Å². The number of hydrogen-bond acceptors (Lipinski definition) is 3. The van der Waals surface area contributed by atoms with Crippen LogP contribution < -0.4 is 0 Å². The van der Waals surface area contributed by atoms with E-state index in [1.807, 2.05) is 48.5 Å². The molecule has 5 heteroatoms. The Labute approximate surface area is 145 Å². The Balaban J connectivity index is 1.59. The summed E-state index contributed by atoms with van der Waals surface area (Å²) < 4.78 is 5.40. The van der Waals surface area contributed by atoms with Crippen LogP contribution in [0.3, 0.4) is 0 Å². The summed E-state index contributed by atoms with van der Waals surface area (Å²) in [4.78, 5) is 26.2. The zero-order valence-corrected chi connectivity index (χ0v) is 13.7. The van der Waals surface area contributed by atoms with Crippen LogP contribution in [0.1, 0.15) is 33.0 Å². The number of carbonyl (C=O) groups excluding carboxylic acids is 1. The van der Waals surface area contributed by atoms with Gasteiger partial charge >= 0.3 is 5.97 Å². The number of benzene rings is 2. The van der Waals surface area contributed by atoms with Crippen molar-refractivity contribution in [2.45, 2.75) is 19.1 Å². The normalized spacial score (nSPS) is 22.0. The average Bonchev–Trinajstić information content (AvgIpc) is 3.28. The second kappa shape index (κ2) is 6.33. The van der Waals surface area contributed by atoms with Crippen molar-refractivity contribution in [1.82, 2.24) is 4.90 Å². The first-order valence-electron chi connectivity index (χ1n) is 8.40. The summed E-state index contributed by atoms with van der Waals surface area (Å²) in [7, 11) is 0. The van der Waals surface area contributed by atoms with Crippen molar-refractivity contribution in [2.75, 3.05) is 13.1 Å². The lowest BCUT2D eigenvalue weighted by Crippen LogP contribution is -2.30. The van der Waals surface area contributed by atoms with Crippen molar-refractivity contribution < 1.29 is 19.4 Å². The summed E-state index contributed by atoms with van der Waals surface area (Å²) in [5.74, 6) is -1.73. The zero-order chi connectivity index (χ0) is 17.4. The van der Waals surface area contributed by atoms with Crippen molar-refractivity contribution in [1.29, 1.82) is 0 Å². The summed E-state index contributed by atoms with van der Waals surface area (Å²) >= 11 is 0. The average molecular weight is 337 g/mol. The minimum Gasteiger partial charge on any atom is -0.481 e. The predicted octanol–water partition coefficient (Wildman–Crippen LogP) is 2.66. The van der Waals surface area contributed by atoms with Gasteiger partial charge in [-0.3, -0.25) is 9.59 Å². The van der Waals surface area contributed by atoms with Gasteiger partial charge in [-0.15, -0.1) is 0 Å². The number of carbonyl (C=O) groups is 2. The van der Waals surface area contributed by atoms with Gasteiger partial charge in [0.05, 0.1) is 19.1 Å². The van der Waals surface area contributed by atoms with Crippen LogP contribution in [-0.4, -0.2) is 35.0 Å². The van der Waals surface area contributed by atoms with Gasteiger partial charge in [0.15, 0.2) is 0 Å². The monoisotopic (exact) mass is 337 g/mol. The van der Waals surface area contributed by atoms with Crippen LogP contribution >= 0.6 is 0 Å². The minimum atomic E-state index is -0.855. The highest BCUT2D eigenvalue weighted by Gasteiger charge is 2.40. The summed E-state index contributed by atoms with van der Waals surface area (Å²) in [6.07, 6.45) is 0. The molecule has 128 valence electrons. The first-order valence-corrected chi connectivity index (χ1v) is 8.40. The molecule has 0 spiro atoms. The molecule has 5 nitrogen and oxygen atoms in total. The van der Waals surface area contributed by atoms with Gasteiger partial charge in [0.1, 0.15) is 0 Å². The molecule has 1 amide bonds. The van der Waals surface area contributed by atoms with Gasteiger partial charge < -0.3 is 14.7 Å². The lowest BCUT2D eigenvalue weighted by molar-refractivity contribution is -0.141. The number of nitrogens with zero attached hydrogens (tertiary/aromatic N) is 1. The lowest BCUT2D eigenvalue weighted by Gasteiger charge is -2.17. The Bertz CT molecular complexity index is 818. The topological polar surface area (TPSA) is 66.8 Å². The molecule has 1 fully saturated rings. The molecule has 25 heavy (non-hydrogen) atoms. The molecule has 2 aliphatic rings. The SMILES string of the molecule is O=C(O)C1CN(C(=O)c2ccc3c(c2)COC3)CC1c1ccccc1. The number of ether oxygens (including phenoxy) is 1. The third kappa shape index (κ3) is 2.91. The number of hydrogen-bond donors (Lipinski definition) is 1. The van der Waals surface area contributed by atoms with E-state index in [9.17, 15) is 14.7 Å². The lowest BCUT2D eigenvalue weighted by atomic mass is 9.89. The molecule has 2 aromatic carbocycles. The summed E-state index contributed by atoms with van der Waals surface area (Å²) in [6.45, 7) is 1.78. The van der Waals surface area contributed by atoms with Crippen molar-refractivity contribution in [3.63, 3.8) is 0 Å². The Morgan fingerprint density at radius 2 is 1.76 bits per heavy atom. The third-order valence-corrected chi connectivity index (χ3v) is 5.12. The maximum atomic E-state index is 12.9. The molecule has 2 heterocycles. The molecule has 2 aliphatic heterocycles. The summed E-state index contributed by atoms with van der Waals surface area (Å²) in [6, 6.07) is 15.2. The van der Waals surface area contributed by atoms with E-state index in [-0.39, 0.29) is 18.4 Å². The van der Waals surface area contributed by atoms with Crippen molar-refractivity contribution in [3.8, 4) is 0 Å². The fourth-order valence-electron chi connectivity index (χ4n) is 3.75. The molecule has 1 saturated heterocycles. The van der Waals surface area contributed by atoms with Gasteiger partial charge in [-0.25, -0.2) is 0 Å². The fraction of sp³-hybridized carbons (Fsp3) is 0.300. The molecule has 2 aromatic rings. The van der Waals surface area contributed by atoms with Gasteiger partial charge in [-0.1, -0.05) is 36.4 Å². The van der Waals surface area contributed by atoms with Crippen LogP contribution in [0.2, 0.25) is 0 Å². The molecule has 0 bridgehead atoms. The summed E-state index contributed by atoms with van der Waals surface area (Å²) in [5, 5.41) is 9.59. The number of likely N-dealkylation sites (tertiary alicyclic amines) is 1. The molecule has 0 radical (unpaired) electrons. The molecule has 0 saturated carbocycles. The number of fused-ring (bicyclic) bond motifs is 1. The minimum absolute atomic E-state index is 0.112. The predicted molar refractivity (Wildman–Crippen MR) is 91.1 cm³/mol. The Kier molecular flexibility index (Phi) is 4.01. The highest BCUT2D eigenvalue weighted by Crippen LogP contribution is 2.34. The van der Waals surface area contributed by atoms with E-state index in [0.717, 1.165) is 16.7 Å². The van der Waals surface area contributed by atoms with Gasteiger partial charge in [0.25, 0.3) is 5.91 Å². The Hall–Kier alpha value is -2.66. The summed E-state index contributed by atoms with van der Waals surface area (Å²) in [5.41, 5.74) is 3.72.